The van der Waals surface area contributed by atoms with Gasteiger partial charge in [-0.15, -0.1) is 14.6 Å². The number of rotatable bonds is 6. The average molecular weight is 418 g/mol. The van der Waals surface area contributed by atoms with Crippen LogP contribution in [-0.4, -0.2) is 36.0 Å². The van der Waals surface area contributed by atoms with Gasteiger partial charge >= 0.3 is 5.97 Å². The number of aromatic nitrogens is 3. The standard InChI is InChI=1S/C15H10N6O7S/c1-6-9(5-16)12-17-13(22)11(14(23)21(12)20-6)19-18-10-3-2-7(29-28-27-26)4-8(10)15(24)25/h2-4,23,26H,1H3,(H,17,22)(H,24,25). The predicted molar refractivity (Wildman–Crippen MR) is 95.2 cm³/mol. The van der Waals surface area contributed by atoms with E-state index in [9.17, 15) is 19.8 Å². The molecule has 0 saturated carbocycles. The topological polar surface area (TPSA) is 195 Å². The van der Waals surface area contributed by atoms with Gasteiger partial charge in [-0.05, 0) is 25.1 Å². The van der Waals surface area contributed by atoms with Crippen molar-refractivity contribution < 1.29 is 29.6 Å². The summed E-state index contributed by atoms with van der Waals surface area (Å²) in [6.45, 7) is 1.52. The van der Waals surface area contributed by atoms with Gasteiger partial charge in [-0.2, -0.15) is 14.9 Å². The molecule has 0 spiro atoms. The van der Waals surface area contributed by atoms with Gasteiger partial charge in [0.1, 0.15) is 17.3 Å². The SMILES string of the molecule is Cc1nn2c(O)c(N=Nc3ccc(SOOO)cc3C(=O)O)c(=O)[nH]c2c1C#N. The predicted octanol–water partition coefficient (Wildman–Crippen LogP) is 2.45. The maximum atomic E-state index is 12.3. The summed E-state index contributed by atoms with van der Waals surface area (Å²) in [6.07, 6.45) is 0. The summed E-state index contributed by atoms with van der Waals surface area (Å²) in [5, 5.41) is 51.7. The Balaban J connectivity index is 2.06. The number of carboxylic acid groups (broad SMARTS) is 1. The number of hydrogen-bond acceptors (Lipinski definition) is 11. The molecule has 0 bridgehead atoms. The Kier molecular flexibility index (Phi) is 5.57. The van der Waals surface area contributed by atoms with Crippen molar-refractivity contribution in [3.05, 3.63) is 45.4 Å². The van der Waals surface area contributed by atoms with Crippen LogP contribution in [-0.2, 0) is 9.37 Å². The minimum atomic E-state index is -1.35. The van der Waals surface area contributed by atoms with Crippen LogP contribution >= 0.6 is 12.0 Å². The quantitative estimate of drug-likeness (QED) is 0.200. The highest BCUT2D eigenvalue weighted by molar-refractivity contribution is 7.94. The third-order valence-corrected chi connectivity index (χ3v) is 4.22. The molecule has 0 aliphatic carbocycles. The Morgan fingerprint density at radius 2 is 2.17 bits per heavy atom. The molecule has 4 N–H and O–H groups in total. The largest absolute Gasteiger partial charge is 0.491 e. The number of hydrogen-bond donors (Lipinski definition) is 4. The van der Waals surface area contributed by atoms with Crippen LogP contribution < -0.4 is 5.56 Å². The van der Waals surface area contributed by atoms with Gasteiger partial charge in [0.25, 0.3) is 5.56 Å². The third-order valence-electron chi connectivity index (χ3n) is 3.65. The van der Waals surface area contributed by atoms with E-state index in [0.717, 1.165) is 4.52 Å². The second-order valence-corrected chi connectivity index (χ2v) is 6.14. The second-order valence-electron chi connectivity index (χ2n) is 5.37. The van der Waals surface area contributed by atoms with Gasteiger partial charge < -0.3 is 15.2 Å². The molecule has 3 aromatic rings. The summed E-state index contributed by atoms with van der Waals surface area (Å²) in [5.74, 6) is -2.02. The summed E-state index contributed by atoms with van der Waals surface area (Å²) < 4.78 is 5.16. The van der Waals surface area contributed by atoms with Crippen LogP contribution in [0.25, 0.3) is 5.65 Å². The number of azo groups is 1. The van der Waals surface area contributed by atoms with Crippen LogP contribution in [0.4, 0.5) is 11.4 Å². The summed E-state index contributed by atoms with van der Waals surface area (Å²) in [6, 6.07) is 5.71. The number of nitrogens with zero attached hydrogens (tertiary/aromatic N) is 5. The summed E-state index contributed by atoms with van der Waals surface area (Å²) in [5.41, 5.74) is -1.45. The van der Waals surface area contributed by atoms with Crippen molar-refractivity contribution in [3.63, 3.8) is 0 Å². The van der Waals surface area contributed by atoms with Gasteiger partial charge in [-0.1, -0.05) is 5.04 Å². The van der Waals surface area contributed by atoms with Crippen molar-refractivity contribution in [2.45, 2.75) is 11.8 Å². The Hall–Kier alpha value is -3.77. The number of carboxylic acids is 1. The molecule has 14 heteroatoms. The Labute approximate surface area is 164 Å². The maximum Gasteiger partial charge on any atom is 0.338 e. The molecule has 0 aliphatic rings. The van der Waals surface area contributed by atoms with Crippen molar-refractivity contribution in [1.82, 2.24) is 14.6 Å². The Morgan fingerprint density at radius 3 is 2.83 bits per heavy atom. The minimum absolute atomic E-state index is 0.00912. The number of aromatic hydroxyl groups is 1. The van der Waals surface area contributed by atoms with Crippen LogP contribution in [0.3, 0.4) is 0 Å². The van der Waals surface area contributed by atoms with Crippen LogP contribution in [0.2, 0.25) is 0 Å². The summed E-state index contributed by atoms with van der Waals surface area (Å²) in [7, 11) is 0. The summed E-state index contributed by atoms with van der Waals surface area (Å²) >= 11 is 0.546. The number of H-pyrrole nitrogens is 1. The second kappa shape index (κ2) is 8.08. The number of carbonyl (C=O) groups is 1. The van der Waals surface area contributed by atoms with Crippen molar-refractivity contribution >= 4 is 35.0 Å². The first-order valence-corrected chi connectivity index (χ1v) is 8.30. The van der Waals surface area contributed by atoms with E-state index in [-0.39, 0.29) is 33.1 Å². The fourth-order valence-electron chi connectivity index (χ4n) is 2.37. The molecule has 0 saturated heterocycles. The lowest BCUT2D eigenvalue weighted by molar-refractivity contribution is -0.432. The van der Waals surface area contributed by atoms with E-state index < -0.39 is 23.1 Å². The number of aromatic amines is 1. The summed E-state index contributed by atoms with van der Waals surface area (Å²) in [4.78, 5) is 26.3. The van der Waals surface area contributed by atoms with E-state index in [1.54, 1.807) is 0 Å². The van der Waals surface area contributed by atoms with Crippen LogP contribution in [0, 0.1) is 18.3 Å². The third kappa shape index (κ3) is 3.79. The molecule has 148 valence electrons. The van der Waals surface area contributed by atoms with Gasteiger partial charge in [0.2, 0.25) is 11.6 Å². The molecule has 29 heavy (non-hydrogen) atoms. The zero-order valence-electron chi connectivity index (χ0n) is 14.4. The van der Waals surface area contributed by atoms with Gasteiger partial charge in [0.05, 0.1) is 23.3 Å². The zero-order valence-corrected chi connectivity index (χ0v) is 15.2. The molecule has 0 fully saturated rings. The molecule has 0 radical (unpaired) electrons. The van der Waals surface area contributed by atoms with Gasteiger partial charge in [-0.25, -0.2) is 10.1 Å². The molecular weight excluding hydrogens is 408 g/mol. The van der Waals surface area contributed by atoms with Crippen LogP contribution in [0.1, 0.15) is 21.6 Å². The molecule has 1 aromatic carbocycles. The number of aromatic carboxylic acids is 1. The molecular formula is C15H10N6O7S. The van der Waals surface area contributed by atoms with Crippen molar-refractivity contribution in [3.8, 4) is 11.9 Å². The molecule has 0 atom stereocenters. The molecule has 3 rings (SSSR count). The highest BCUT2D eigenvalue weighted by Gasteiger charge is 2.18. The molecule has 2 aromatic heterocycles. The van der Waals surface area contributed by atoms with E-state index >= 15 is 0 Å². The smallest absolute Gasteiger partial charge is 0.338 e. The fourth-order valence-corrected chi connectivity index (χ4v) is 2.77. The van der Waals surface area contributed by atoms with E-state index in [1.807, 2.05) is 6.07 Å². The number of fused-ring (bicyclic) bond motifs is 1. The lowest BCUT2D eigenvalue weighted by Gasteiger charge is -2.04. The molecule has 13 nitrogen and oxygen atoms in total. The molecule has 2 heterocycles. The fraction of sp³-hybridized carbons (Fsp3) is 0.0667. The van der Waals surface area contributed by atoms with E-state index in [0.29, 0.717) is 12.0 Å². The number of nitriles is 1. The zero-order chi connectivity index (χ0) is 21.1. The first-order valence-electron chi connectivity index (χ1n) is 7.56. The highest BCUT2D eigenvalue weighted by atomic mass is 32.2. The first-order chi connectivity index (χ1) is 13.9. The monoisotopic (exact) mass is 418 g/mol. The van der Waals surface area contributed by atoms with Crippen molar-refractivity contribution in [1.29, 1.82) is 5.26 Å². The van der Waals surface area contributed by atoms with Crippen LogP contribution in [0.15, 0.2) is 38.1 Å². The normalized spacial score (nSPS) is 11.2. The lowest BCUT2D eigenvalue weighted by Crippen LogP contribution is -2.09. The van der Waals surface area contributed by atoms with E-state index in [2.05, 4.69) is 29.7 Å². The molecule has 0 unspecified atom stereocenters. The van der Waals surface area contributed by atoms with Gasteiger partial charge in [0.15, 0.2) is 5.65 Å². The van der Waals surface area contributed by atoms with Gasteiger partial charge in [0, 0.05) is 4.90 Å². The van der Waals surface area contributed by atoms with Gasteiger partial charge in [-0.3, -0.25) is 4.79 Å². The number of benzene rings is 1. The minimum Gasteiger partial charge on any atom is -0.491 e. The van der Waals surface area contributed by atoms with E-state index in [4.69, 9.17) is 10.5 Å². The average Bonchev–Trinajstić information content (AvgIpc) is 3.01. The maximum absolute atomic E-state index is 12.3. The van der Waals surface area contributed by atoms with Crippen molar-refractivity contribution in [2.24, 2.45) is 10.2 Å². The Bertz CT molecular complexity index is 1240. The lowest BCUT2D eigenvalue weighted by atomic mass is 10.2. The van der Waals surface area contributed by atoms with E-state index in [1.165, 1.54) is 25.1 Å². The molecule has 0 amide bonds. The molecule has 0 aliphatic heterocycles. The van der Waals surface area contributed by atoms with Crippen molar-refractivity contribution in [2.75, 3.05) is 0 Å². The Morgan fingerprint density at radius 1 is 1.41 bits per heavy atom. The van der Waals surface area contributed by atoms with Crippen LogP contribution in [0.5, 0.6) is 5.88 Å². The number of aryl methyl sites for hydroxylation is 1. The highest BCUT2D eigenvalue weighted by Crippen LogP contribution is 2.30. The first kappa shape index (κ1) is 20.0. The number of nitrogens with one attached hydrogen (secondary N) is 1.